The lowest BCUT2D eigenvalue weighted by Gasteiger charge is -2.06. The van der Waals surface area contributed by atoms with E-state index in [2.05, 4.69) is 10.3 Å². The van der Waals surface area contributed by atoms with E-state index in [4.69, 9.17) is 5.11 Å². The van der Waals surface area contributed by atoms with Gasteiger partial charge in [0.2, 0.25) is 0 Å². The summed E-state index contributed by atoms with van der Waals surface area (Å²) in [5, 5.41) is 12.2. The first kappa shape index (κ1) is 15.7. The van der Waals surface area contributed by atoms with Crippen LogP contribution < -0.4 is 5.32 Å². The number of aliphatic hydroxyl groups excluding tert-OH is 1. The Morgan fingerprint density at radius 1 is 1.48 bits per heavy atom. The molecule has 21 heavy (non-hydrogen) atoms. The predicted octanol–water partition coefficient (Wildman–Crippen LogP) is 2.73. The van der Waals surface area contributed by atoms with E-state index >= 15 is 0 Å². The van der Waals surface area contributed by atoms with Crippen LogP contribution in [0.5, 0.6) is 0 Å². The smallest absolute Gasteiger partial charge is 0.392 e. The number of fused-ring (bicyclic) bond motifs is 1. The Labute approximate surface area is 122 Å². The van der Waals surface area contributed by atoms with E-state index in [0.29, 0.717) is 15.8 Å². The van der Waals surface area contributed by atoms with Gasteiger partial charge in [-0.2, -0.15) is 13.2 Å². The number of nitrogens with one attached hydrogen (secondary N) is 1. The lowest BCUT2D eigenvalue weighted by Crippen LogP contribution is -2.30. The number of nitrogens with zero attached hydrogens (tertiary/aromatic N) is 1. The zero-order chi connectivity index (χ0) is 15.8. The molecule has 0 aromatic carbocycles. The fourth-order valence-electron chi connectivity index (χ4n) is 1.79. The number of pyridine rings is 1. The van der Waals surface area contributed by atoms with Gasteiger partial charge in [-0.05, 0) is 31.5 Å². The van der Waals surface area contributed by atoms with Crippen LogP contribution in [0.4, 0.5) is 13.2 Å². The molecule has 4 nitrogen and oxygen atoms in total. The van der Waals surface area contributed by atoms with Crippen molar-refractivity contribution in [1.82, 2.24) is 10.3 Å². The highest BCUT2D eigenvalue weighted by atomic mass is 32.1. The number of hydrogen-bond donors (Lipinski definition) is 2. The molecule has 2 N–H and O–H groups in total. The number of rotatable bonds is 3. The summed E-state index contributed by atoms with van der Waals surface area (Å²) in [6.07, 6.45) is -5.21. The van der Waals surface area contributed by atoms with Crippen LogP contribution in [0, 0.1) is 6.92 Å². The zero-order valence-electron chi connectivity index (χ0n) is 11.3. The van der Waals surface area contributed by atoms with Gasteiger partial charge in [0.15, 0.2) is 0 Å². The summed E-state index contributed by atoms with van der Waals surface area (Å²) in [5.41, 5.74) is -0.397. The van der Waals surface area contributed by atoms with Crippen LogP contribution in [0.25, 0.3) is 10.2 Å². The lowest BCUT2D eigenvalue weighted by atomic mass is 10.2. The van der Waals surface area contributed by atoms with Crippen LogP contribution in [0.2, 0.25) is 0 Å². The van der Waals surface area contributed by atoms with Crippen molar-refractivity contribution in [2.24, 2.45) is 0 Å². The highest BCUT2D eigenvalue weighted by Gasteiger charge is 2.33. The molecule has 2 aromatic heterocycles. The van der Waals surface area contributed by atoms with E-state index in [1.54, 1.807) is 6.92 Å². The number of alkyl halides is 3. The molecule has 0 saturated heterocycles. The molecule has 0 aliphatic heterocycles. The summed E-state index contributed by atoms with van der Waals surface area (Å²) < 4.78 is 37.9. The van der Waals surface area contributed by atoms with E-state index in [1.807, 2.05) is 0 Å². The number of hydrogen-bond acceptors (Lipinski definition) is 4. The SMILES string of the molecule is Cc1c(C(=O)NCC(C)O)sc2nc(C(F)(F)F)ccc12. The number of halogens is 3. The van der Waals surface area contributed by atoms with Gasteiger partial charge in [-0.3, -0.25) is 4.79 Å². The molecule has 0 spiro atoms. The van der Waals surface area contributed by atoms with Crippen LogP contribution in [0.3, 0.4) is 0 Å². The first-order valence-corrected chi connectivity index (χ1v) is 6.95. The van der Waals surface area contributed by atoms with Crippen molar-refractivity contribution >= 4 is 27.5 Å². The minimum Gasteiger partial charge on any atom is -0.392 e. The Hall–Kier alpha value is -1.67. The minimum atomic E-state index is -4.51. The Balaban J connectivity index is 2.39. The van der Waals surface area contributed by atoms with Gasteiger partial charge in [-0.25, -0.2) is 4.98 Å². The van der Waals surface area contributed by atoms with E-state index in [0.717, 1.165) is 17.4 Å². The zero-order valence-corrected chi connectivity index (χ0v) is 12.1. The molecular weight excluding hydrogens is 305 g/mol. The second-order valence-corrected chi connectivity index (χ2v) is 5.66. The largest absolute Gasteiger partial charge is 0.433 e. The minimum absolute atomic E-state index is 0.0771. The van der Waals surface area contributed by atoms with E-state index in [1.165, 1.54) is 13.0 Å². The number of carbonyl (C=O) groups excluding carboxylic acids is 1. The lowest BCUT2D eigenvalue weighted by molar-refractivity contribution is -0.140. The molecule has 0 aliphatic rings. The molecule has 1 unspecified atom stereocenters. The van der Waals surface area contributed by atoms with Crippen LogP contribution in [-0.4, -0.2) is 28.6 Å². The average Bonchev–Trinajstić information content (AvgIpc) is 2.72. The number of carbonyl (C=O) groups is 1. The summed E-state index contributed by atoms with van der Waals surface area (Å²) >= 11 is 0.909. The average molecular weight is 318 g/mol. The van der Waals surface area contributed by atoms with Crippen molar-refractivity contribution in [2.75, 3.05) is 6.54 Å². The summed E-state index contributed by atoms with van der Waals surface area (Å²) in [4.78, 5) is 16.0. The van der Waals surface area contributed by atoms with Gasteiger partial charge < -0.3 is 10.4 Å². The van der Waals surface area contributed by atoms with Gasteiger partial charge in [0.25, 0.3) is 5.91 Å². The number of aryl methyl sites for hydroxylation is 1. The Bertz CT molecular complexity index is 680. The summed E-state index contributed by atoms with van der Waals surface area (Å²) in [6.45, 7) is 3.26. The van der Waals surface area contributed by atoms with Gasteiger partial charge >= 0.3 is 6.18 Å². The van der Waals surface area contributed by atoms with Gasteiger partial charge in [-0.15, -0.1) is 11.3 Å². The second-order valence-electron chi connectivity index (χ2n) is 4.66. The van der Waals surface area contributed by atoms with Crippen molar-refractivity contribution < 1.29 is 23.1 Å². The predicted molar refractivity (Wildman–Crippen MR) is 73.4 cm³/mol. The quantitative estimate of drug-likeness (QED) is 0.915. The normalized spacial score (nSPS) is 13.4. The van der Waals surface area contributed by atoms with Crippen molar-refractivity contribution in [3.05, 3.63) is 28.3 Å². The molecule has 114 valence electrons. The molecule has 2 rings (SSSR count). The van der Waals surface area contributed by atoms with E-state index in [9.17, 15) is 18.0 Å². The topological polar surface area (TPSA) is 62.2 Å². The first-order valence-electron chi connectivity index (χ1n) is 6.13. The fraction of sp³-hybridized carbons (Fsp3) is 0.385. The number of aliphatic hydroxyl groups is 1. The number of amides is 1. The van der Waals surface area contributed by atoms with Crippen LogP contribution in [0.15, 0.2) is 12.1 Å². The molecule has 0 aliphatic carbocycles. The van der Waals surface area contributed by atoms with Crippen LogP contribution >= 0.6 is 11.3 Å². The Morgan fingerprint density at radius 3 is 2.71 bits per heavy atom. The van der Waals surface area contributed by atoms with Crippen LogP contribution in [0.1, 0.15) is 27.9 Å². The molecule has 2 heterocycles. The van der Waals surface area contributed by atoms with E-state index in [-0.39, 0.29) is 11.4 Å². The molecule has 8 heteroatoms. The third-order valence-corrected chi connectivity index (χ3v) is 4.06. The summed E-state index contributed by atoms with van der Waals surface area (Å²) in [6, 6.07) is 2.22. The van der Waals surface area contributed by atoms with Gasteiger partial charge in [0, 0.05) is 11.9 Å². The molecule has 0 radical (unpaired) electrons. The standard InChI is InChI=1S/C13H13F3N2O2S/c1-6(19)5-17-11(20)10-7(2)8-3-4-9(13(14,15)16)18-12(8)21-10/h3-4,6,19H,5H2,1-2H3,(H,17,20). The summed E-state index contributed by atoms with van der Waals surface area (Å²) in [5.74, 6) is -0.426. The van der Waals surface area contributed by atoms with Gasteiger partial charge in [0.1, 0.15) is 10.5 Å². The number of aromatic nitrogens is 1. The monoisotopic (exact) mass is 318 g/mol. The van der Waals surface area contributed by atoms with E-state index < -0.39 is 23.9 Å². The Kier molecular flexibility index (Phi) is 4.20. The maximum Gasteiger partial charge on any atom is 0.433 e. The van der Waals surface area contributed by atoms with Crippen molar-refractivity contribution in [2.45, 2.75) is 26.1 Å². The molecule has 0 bridgehead atoms. The molecule has 0 saturated carbocycles. The molecule has 1 atom stereocenters. The van der Waals surface area contributed by atoms with Crippen LogP contribution in [-0.2, 0) is 6.18 Å². The fourth-order valence-corrected chi connectivity index (χ4v) is 2.89. The first-order chi connectivity index (χ1) is 9.70. The Morgan fingerprint density at radius 2 is 2.14 bits per heavy atom. The van der Waals surface area contributed by atoms with Crippen molar-refractivity contribution in [3.8, 4) is 0 Å². The highest BCUT2D eigenvalue weighted by molar-refractivity contribution is 7.20. The van der Waals surface area contributed by atoms with Gasteiger partial charge in [0.05, 0.1) is 11.0 Å². The molecular formula is C13H13F3N2O2S. The van der Waals surface area contributed by atoms with Gasteiger partial charge in [-0.1, -0.05) is 0 Å². The molecule has 1 amide bonds. The summed E-state index contributed by atoms with van der Waals surface area (Å²) in [7, 11) is 0. The number of thiophene rings is 1. The third-order valence-electron chi connectivity index (χ3n) is 2.86. The van der Waals surface area contributed by atoms with Crippen molar-refractivity contribution in [3.63, 3.8) is 0 Å². The maximum atomic E-state index is 12.6. The second kappa shape index (κ2) is 5.61. The third kappa shape index (κ3) is 3.33. The maximum absolute atomic E-state index is 12.6. The molecule has 0 fully saturated rings. The highest BCUT2D eigenvalue weighted by Crippen LogP contribution is 2.34. The van der Waals surface area contributed by atoms with Crippen molar-refractivity contribution in [1.29, 1.82) is 0 Å². The molecule has 2 aromatic rings.